The first-order valence-corrected chi connectivity index (χ1v) is 8.03. The van der Waals surface area contributed by atoms with Gasteiger partial charge in [-0.05, 0) is 30.3 Å². The number of pyridine rings is 1. The van der Waals surface area contributed by atoms with Crippen LogP contribution >= 0.6 is 0 Å². The minimum Gasteiger partial charge on any atom is -0.493 e. The fourth-order valence-corrected chi connectivity index (χ4v) is 2.63. The van der Waals surface area contributed by atoms with E-state index in [9.17, 15) is 4.79 Å². The Morgan fingerprint density at radius 2 is 1.88 bits per heavy atom. The monoisotopic (exact) mass is 343 g/mol. The van der Waals surface area contributed by atoms with E-state index in [-0.39, 0.29) is 5.91 Å². The van der Waals surface area contributed by atoms with Crippen LogP contribution in [0.15, 0.2) is 36.5 Å². The number of rotatable bonds is 5. The van der Waals surface area contributed by atoms with E-state index in [0.29, 0.717) is 22.9 Å². The third-order valence-corrected chi connectivity index (χ3v) is 4.01. The summed E-state index contributed by atoms with van der Waals surface area (Å²) in [6, 6.07) is 8.75. The molecule has 1 N–H and O–H groups in total. The number of benzene rings is 1. The van der Waals surface area contributed by atoms with Crippen LogP contribution in [0.4, 0.5) is 11.5 Å². The molecule has 0 atom stereocenters. The van der Waals surface area contributed by atoms with Crippen LogP contribution in [-0.2, 0) is 4.74 Å². The molecule has 1 saturated heterocycles. The summed E-state index contributed by atoms with van der Waals surface area (Å²) in [5.74, 6) is 1.32. The van der Waals surface area contributed by atoms with E-state index in [0.717, 1.165) is 32.0 Å². The van der Waals surface area contributed by atoms with Crippen LogP contribution in [0, 0.1) is 0 Å². The molecule has 1 fully saturated rings. The molecule has 25 heavy (non-hydrogen) atoms. The lowest BCUT2D eigenvalue weighted by atomic mass is 10.2. The Kier molecular flexibility index (Phi) is 5.35. The SMILES string of the molecule is COc1ccc(C(=O)Nc2ccc(N3CCOCC3)cn2)cc1OC. The third-order valence-electron chi connectivity index (χ3n) is 4.01. The standard InChI is InChI=1S/C18H21N3O4/c1-23-15-5-3-13(11-16(15)24-2)18(22)20-17-6-4-14(12-19-17)21-7-9-25-10-8-21/h3-6,11-12H,7-10H2,1-2H3,(H,19,20,22). The van der Waals surface area contributed by atoms with Crippen LogP contribution < -0.4 is 19.7 Å². The van der Waals surface area contributed by atoms with Crippen molar-refractivity contribution in [3.8, 4) is 11.5 Å². The third kappa shape index (κ3) is 4.00. The van der Waals surface area contributed by atoms with Crippen LogP contribution in [-0.4, -0.2) is 51.4 Å². The maximum atomic E-state index is 12.4. The van der Waals surface area contributed by atoms with E-state index >= 15 is 0 Å². The average Bonchev–Trinajstić information content (AvgIpc) is 2.68. The molecule has 3 rings (SSSR count). The summed E-state index contributed by atoms with van der Waals surface area (Å²) in [6.45, 7) is 3.13. The minimum absolute atomic E-state index is 0.257. The molecule has 2 aromatic rings. The normalized spacial score (nSPS) is 14.1. The molecule has 0 radical (unpaired) electrons. The van der Waals surface area contributed by atoms with Crippen LogP contribution in [0.2, 0.25) is 0 Å². The van der Waals surface area contributed by atoms with E-state index in [2.05, 4.69) is 15.2 Å². The lowest BCUT2D eigenvalue weighted by Crippen LogP contribution is -2.36. The van der Waals surface area contributed by atoms with Crippen molar-refractivity contribution >= 4 is 17.4 Å². The van der Waals surface area contributed by atoms with E-state index in [1.54, 1.807) is 37.6 Å². The van der Waals surface area contributed by atoms with E-state index in [1.807, 2.05) is 6.07 Å². The van der Waals surface area contributed by atoms with Crippen LogP contribution in [0.3, 0.4) is 0 Å². The topological polar surface area (TPSA) is 72.9 Å². The van der Waals surface area contributed by atoms with Crippen molar-refractivity contribution in [3.63, 3.8) is 0 Å². The minimum atomic E-state index is -0.257. The highest BCUT2D eigenvalue weighted by Gasteiger charge is 2.13. The summed E-state index contributed by atoms with van der Waals surface area (Å²) in [5.41, 5.74) is 1.49. The molecule has 1 aliphatic rings. The van der Waals surface area contributed by atoms with Gasteiger partial charge in [0.05, 0.1) is 39.3 Å². The van der Waals surface area contributed by atoms with Gasteiger partial charge in [-0.15, -0.1) is 0 Å². The number of morpholine rings is 1. The molecule has 7 heteroatoms. The van der Waals surface area contributed by atoms with Crippen LogP contribution in [0.25, 0.3) is 0 Å². The van der Waals surface area contributed by atoms with Gasteiger partial charge in [0.1, 0.15) is 5.82 Å². The number of methoxy groups -OCH3 is 2. The number of hydrogen-bond donors (Lipinski definition) is 1. The molecular weight excluding hydrogens is 322 g/mol. The molecule has 0 unspecified atom stereocenters. The zero-order chi connectivity index (χ0) is 17.6. The summed E-state index contributed by atoms with van der Waals surface area (Å²) in [7, 11) is 3.09. The molecule has 1 aromatic heterocycles. The van der Waals surface area contributed by atoms with E-state index in [4.69, 9.17) is 14.2 Å². The maximum absolute atomic E-state index is 12.4. The van der Waals surface area contributed by atoms with E-state index < -0.39 is 0 Å². The van der Waals surface area contributed by atoms with Crippen molar-refractivity contribution in [3.05, 3.63) is 42.1 Å². The molecule has 7 nitrogen and oxygen atoms in total. The van der Waals surface area contributed by atoms with Gasteiger partial charge >= 0.3 is 0 Å². The number of carbonyl (C=O) groups excluding carboxylic acids is 1. The van der Waals surface area contributed by atoms with Crippen molar-refractivity contribution in [2.24, 2.45) is 0 Å². The van der Waals surface area contributed by atoms with Gasteiger partial charge in [0.2, 0.25) is 0 Å². The maximum Gasteiger partial charge on any atom is 0.256 e. The molecule has 1 amide bonds. The number of nitrogens with zero attached hydrogens (tertiary/aromatic N) is 2. The van der Waals surface area contributed by atoms with Crippen LogP contribution in [0.1, 0.15) is 10.4 Å². The summed E-state index contributed by atoms with van der Waals surface area (Å²) in [4.78, 5) is 18.9. The van der Waals surface area contributed by atoms with Gasteiger partial charge < -0.3 is 24.4 Å². The molecule has 2 heterocycles. The molecular formula is C18H21N3O4. The zero-order valence-electron chi connectivity index (χ0n) is 14.3. The Balaban J connectivity index is 1.68. The van der Waals surface area contributed by atoms with Crippen molar-refractivity contribution < 1.29 is 19.0 Å². The van der Waals surface area contributed by atoms with Gasteiger partial charge in [-0.2, -0.15) is 0 Å². The molecule has 0 bridgehead atoms. The number of hydrogen-bond acceptors (Lipinski definition) is 6. The highest BCUT2D eigenvalue weighted by molar-refractivity contribution is 6.04. The lowest BCUT2D eigenvalue weighted by Gasteiger charge is -2.28. The Bertz CT molecular complexity index is 728. The number of anilines is 2. The molecule has 0 spiro atoms. The van der Waals surface area contributed by atoms with Gasteiger partial charge in [-0.25, -0.2) is 4.98 Å². The van der Waals surface area contributed by atoms with E-state index in [1.165, 1.54) is 7.11 Å². The predicted molar refractivity (Wildman–Crippen MR) is 94.8 cm³/mol. The Morgan fingerprint density at radius 1 is 1.12 bits per heavy atom. The predicted octanol–water partition coefficient (Wildman–Crippen LogP) is 2.19. The van der Waals surface area contributed by atoms with Crippen molar-refractivity contribution in [2.45, 2.75) is 0 Å². The van der Waals surface area contributed by atoms with Gasteiger partial charge in [0.25, 0.3) is 5.91 Å². The summed E-state index contributed by atoms with van der Waals surface area (Å²) < 4.78 is 15.7. The van der Waals surface area contributed by atoms with Crippen molar-refractivity contribution in [1.82, 2.24) is 4.98 Å². The van der Waals surface area contributed by atoms with Gasteiger partial charge in [-0.1, -0.05) is 0 Å². The molecule has 0 saturated carbocycles. The summed E-state index contributed by atoms with van der Waals surface area (Å²) in [5, 5.41) is 2.79. The highest BCUT2D eigenvalue weighted by atomic mass is 16.5. The molecule has 132 valence electrons. The lowest BCUT2D eigenvalue weighted by molar-refractivity contribution is 0.102. The average molecular weight is 343 g/mol. The second-order valence-electron chi connectivity index (χ2n) is 5.52. The first-order valence-electron chi connectivity index (χ1n) is 8.03. The quantitative estimate of drug-likeness (QED) is 0.897. The first-order chi connectivity index (χ1) is 12.2. The molecule has 0 aliphatic carbocycles. The van der Waals surface area contributed by atoms with Gasteiger partial charge in [-0.3, -0.25) is 4.79 Å². The van der Waals surface area contributed by atoms with Gasteiger partial charge in [0, 0.05) is 18.7 Å². The van der Waals surface area contributed by atoms with Crippen molar-refractivity contribution in [1.29, 1.82) is 0 Å². The summed E-state index contributed by atoms with van der Waals surface area (Å²) in [6.07, 6.45) is 1.76. The largest absolute Gasteiger partial charge is 0.493 e. The number of nitrogens with one attached hydrogen (secondary N) is 1. The Morgan fingerprint density at radius 3 is 2.52 bits per heavy atom. The second-order valence-corrected chi connectivity index (χ2v) is 5.52. The molecule has 1 aliphatic heterocycles. The smallest absolute Gasteiger partial charge is 0.256 e. The number of ether oxygens (including phenoxy) is 3. The fourth-order valence-electron chi connectivity index (χ4n) is 2.63. The number of aromatic nitrogens is 1. The first kappa shape index (κ1) is 17.0. The van der Waals surface area contributed by atoms with Gasteiger partial charge in [0.15, 0.2) is 11.5 Å². The second kappa shape index (κ2) is 7.85. The Labute approximate surface area is 146 Å². The van der Waals surface area contributed by atoms with Crippen LogP contribution in [0.5, 0.6) is 11.5 Å². The number of carbonyl (C=O) groups is 1. The summed E-state index contributed by atoms with van der Waals surface area (Å²) >= 11 is 0. The fraction of sp³-hybridized carbons (Fsp3) is 0.333. The zero-order valence-corrected chi connectivity index (χ0v) is 14.3. The number of amides is 1. The Hall–Kier alpha value is -2.80. The van der Waals surface area contributed by atoms with Crippen molar-refractivity contribution in [2.75, 3.05) is 50.7 Å². The highest BCUT2D eigenvalue weighted by Crippen LogP contribution is 2.27. The molecule has 1 aromatic carbocycles.